The van der Waals surface area contributed by atoms with Gasteiger partial charge in [0, 0.05) is 5.56 Å². The maximum absolute atomic E-state index is 12.5. The van der Waals surface area contributed by atoms with E-state index in [1.54, 1.807) is 32.9 Å². The molecule has 9 nitrogen and oxygen atoms in total. The number of benzene rings is 1. The van der Waals surface area contributed by atoms with Gasteiger partial charge in [0.25, 0.3) is 0 Å². The molecule has 11 heteroatoms. The fraction of sp³-hybridized carbons (Fsp3) is 0.632. The number of hydrogen-bond acceptors (Lipinski definition) is 8. The van der Waals surface area contributed by atoms with Crippen molar-refractivity contribution < 1.29 is 36.2 Å². The molecule has 0 N–H and O–H groups in total. The van der Waals surface area contributed by atoms with Gasteiger partial charge < -0.3 is 23.0 Å². The molecule has 1 aromatic rings. The molecule has 0 spiro atoms. The van der Waals surface area contributed by atoms with E-state index in [0.29, 0.717) is 15.3 Å². The normalized spacial score (nSPS) is 21.6. The van der Waals surface area contributed by atoms with E-state index in [4.69, 9.17) is 23.0 Å². The van der Waals surface area contributed by atoms with Crippen LogP contribution in [0.2, 0.25) is 0 Å². The van der Waals surface area contributed by atoms with Crippen molar-refractivity contribution in [2.75, 3.05) is 7.11 Å². The summed E-state index contributed by atoms with van der Waals surface area (Å²) in [5.74, 6) is 0.224. The van der Waals surface area contributed by atoms with E-state index >= 15 is 0 Å². The molecule has 3 rings (SSSR count). The third-order valence-electron chi connectivity index (χ3n) is 5.27. The molecule has 0 unspecified atom stereocenters. The Morgan fingerprint density at radius 1 is 1.13 bits per heavy atom. The van der Waals surface area contributed by atoms with Gasteiger partial charge in [0.1, 0.15) is 5.60 Å². The van der Waals surface area contributed by atoms with Crippen LogP contribution in [-0.4, -0.2) is 49.8 Å². The molecule has 1 aromatic carbocycles. The van der Waals surface area contributed by atoms with Crippen LogP contribution >= 0.6 is 0 Å². The topological polar surface area (TPSA) is 101 Å². The van der Waals surface area contributed by atoms with E-state index in [1.165, 1.54) is 7.11 Å². The highest BCUT2D eigenvalue weighted by Crippen LogP contribution is 2.40. The van der Waals surface area contributed by atoms with Gasteiger partial charge in [0.05, 0.1) is 24.9 Å². The van der Waals surface area contributed by atoms with Crippen LogP contribution in [0.25, 0.3) is 0 Å². The summed E-state index contributed by atoms with van der Waals surface area (Å²) in [6, 6.07) is 3.30. The summed E-state index contributed by atoms with van der Waals surface area (Å²) in [5, 5.41) is 0. The van der Waals surface area contributed by atoms with Crippen LogP contribution in [-0.2, 0) is 30.9 Å². The van der Waals surface area contributed by atoms with Crippen LogP contribution in [0.4, 0.5) is 4.79 Å². The Labute approximate surface area is 178 Å². The molecule has 0 aliphatic carbocycles. The van der Waals surface area contributed by atoms with Crippen LogP contribution in [0.5, 0.6) is 11.5 Å². The summed E-state index contributed by atoms with van der Waals surface area (Å²) in [5.41, 5.74) is -0.919. The minimum absolute atomic E-state index is 0.0255. The van der Waals surface area contributed by atoms with E-state index in [9.17, 15) is 13.2 Å². The second kappa shape index (κ2) is 7.03. The van der Waals surface area contributed by atoms with Crippen molar-refractivity contribution in [1.29, 1.82) is 0 Å². The van der Waals surface area contributed by atoms with Crippen molar-refractivity contribution in [2.24, 2.45) is 0 Å². The van der Waals surface area contributed by atoms with Gasteiger partial charge in [-0.3, -0.25) is 0 Å². The fourth-order valence-corrected chi connectivity index (χ4v) is 4.02. The van der Waals surface area contributed by atoms with Crippen molar-refractivity contribution in [3.63, 3.8) is 0 Å². The average Bonchev–Trinajstić information content (AvgIpc) is 2.78. The Morgan fingerprint density at radius 3 is 2.20 bits per heavy atom. The van der Waals surface area contributed by atoms with Crippen molar-refractivity contribution in [3.05, 3.63) is 17.7 Å². The molecule has 0 radical (unpaired) electrons. The fourth-order valence-electron chi connectivity index (χ4n) is 3.02. The quantitative estimate of drug-likeness (QED) is 0.645. The number of nitrogens with zero attached hydrogens (tertiary/aromatic N) is 1. The molecule has 1 fully saturated rings. The zero-order valence-corrected chi connectivity index (χ0v) is 19.4. The van der Waals surface area contributed by atoms with Crippen LogP contribution in [0.15, 0.2) is 12.1 Å². The summed E-state index contributed by atoms with van der Waals surface area (Å²) < 4.78 is 53.6. The summed E-state index contributed by atoms with van der Waals surface area (Å²) in [6.45, 7) is 12.4. The maximum Gasteiger partial charge on any atom is 0.494 e. The third kappa shape index (κ3) is 4.10. The van der Waals surface area contributed by atoms with Crippen LogP contribution in [0.3, 0.4) is 0 Å². The van der Waals surface area contributed by atoms with Gasteiger partial charge in [0.15, 0.2) is 11.5 Å². The standard InChI is InChI=1S/C19H28BNO8S/c1-17(2,3)26-16(22)21-11-12-9-13(20-28-18(4,5)19(6,7)29-20)10-14(25-8)15(12)27-30(21,23)24/h9-10H,11H2,1-8H3. The van der Waals surface area contributed by atoms with Gasteiger partial charge in [-0.15, -0.1) is 0 Å². The lowest BCUT2D eigenvalue weighted by Gasteiger charge is -2.32. The number of carbonyl (C=O) groups is 1. The zero-order valence-electron chi connectivity index (χ0n) is 18.6. The predicted octanol–water partition coefficient (Wildman–Crippen LogP) is 2.37. The van der Waals surface area contributed by atoms with Crippen molar-refractivity contribution in [3.8, 4) is 11.5 Å². The minimum Gasteiger partial charge on any atom is -0.493 e. The van der Waals surface area contributed by atoms with Gasteiger partial charge in [-0.25, -0.2) is 4.79 Å². The largest absolute Gasteiger partial charge is 0.494 e. The number of rotatable bonds is 2. The number of amides is 1. The average molecular weight is 441 g/mol. The first-order valence-electron chi connectivity index (χ1n) is 9.58. The highest BCUT2D eigenvalue weighted by molar-refractivity contribution is 7.85. The van der Waals surface area contributed by atoms with Gasteiger partial charge in [-0.1, -0.05) is 6.07 Å². The second-order valence-corrected chi connectivity index (χ2v) is 10.8. The SMILES string of the molecule is COc1cc(B2OC(C)(C)C(C)(C)O2)cc2c1OS(=O)(=O)N(C(=O)OC(C)(C)C)C2. The highest BCUT2D eigenvalue weighted by Gasteiger charge is 2.52. The smallest absolute Gasteiger partial charge is 0.493 e. The lowest BCUT2D eigenvalue weighted by Crippen LogP contribution is -2.45. The lowest BCUT2D eigenvalue weighted by molar-refractivity contribution is 0.00578. The maximum atomic E-state index is 12.5. The number of ether oxygens (including phenoxy) is 2. The van der Waals surface area contributed by atoms with Crippen LogP contribution in [0, 0.1) is 0 Å². The molecule has 1 amide bonds. The molecule has 0 aromatic heterocycles. The Kier molecular flexibility index (Phi) is 5.32. The number of fused-ring (bicyclic) bond motifs is 1. The molecule has 30 heavy (non-hydrogen) atoms. The monoisotopic (exact) mass is 441 g/mol. The van der Waals surface area contributed by atoms with E-state index in [1.807, 2.05) is 27.7 Å². The van der Waals surface area contributed by atoms with Gasteiger partial charge in [-0.2, -0.15) is 12.7 Å². The summed E-state index contributed by atoms with van der Waals surface area (Å²) in [7, 11) is -3.68. The van der Waals surface area contributed by atoms with Gasteiger partial charge in [-0.05, 0) is 60.0 Å². The van der Waals surface area contributed by atoms with E-state index in [2.05, 4.69) is 0 Å². The van der Waals surface area contributed by atoms with E-state index in [0.717, 1.165) is 0 Å². The van der Waals surface area contributed by atoms with Crippen LogP contribution < -0.4 is 14.4 Å². The number of methoxy groups -OCH3 is 1. The van der Waals surface area contributed by atoms with Gasteiger partial charge in [0.2, 0.25) is 0 Å². The summed E-state index contributed by atoms with van der Waals surface area (Å²) >= 11 is 0. The first-order chi connectivity index (χ1) is 13.6. The number of carbonyl (C=O) groups excluding carboxylic acids is 1. The Balaban J connectivity index is 2.00. The molecule has 0 atom stereocenters. The zero-order chi connectivity index (χ0) is 22.7. The minimum atomic E-state index is -4.39. The molecular weight excluding hydrogens is 413 g/mol. The van der Waals surface area contributed by atoms with Crippen LogP contribution in [0.1, 0.15) is 54.0 Å². The third-order valence-corrected chi connectivity index (χ3v) is 6.46. The molecular formula is C19H28BNO8S. The molecule has 2 heterocycles. The van der Waals surface area contributed by atoms with E-state index < -0.39 is 40.3 Å². The summed E-state index contributed by atoms with van der Waals surface area (Å²) in [4.78, 5) is 12.5. The molecule has 0 saturated carbocycles. The number of hydrogen-bond donors (Lipinski definition) is 0. The lowest BCUT2D eigenvalue weighted by atomic mass is 9.78. The molecule has 2 aliphatic rings. The molecule has 166 valence electrons. The first-order valence-corrected chi connectivity index (χ1v) is 10.9. The first kappa shape index (κ1) is 22.7. The molecule has 0 bridgehead atoms. The predicted molar refractivity (Wildman–Crippen MR) is 110 cm³/mol. The summed E-state index contributed by atoms with van der Waals surface area (Å²) in [6.07, 6.45) is -1.02. The second-order valence-electron chi connectivity index (χ2n) is 9.33. The highest BCUT2D eigenvalue weighted by atomic mass is 32.2. The van der Waals surface area contributed by atoms with Gasteiger partial charge >= 0.3 is 23.5 Å². The Bertz CT molecular complexity index is 951. The van der Waals surface area contributed by atoms with E-state index in [-0.39, 0.29) is 18.0 Å². The van der Waals surface area contributed by atoms with Crippen molar-refractivity contribution >= 4 is 29.0 Å². The Hall–Kier alpha value is -1.98. The van der Waals surface area contributed by atoms with Crippen molar-refractivity contribution in [1.82, 2.24) is 4.31 Å². The Morgan fingerprint density at radius 2 is 1.70 bits per heavy atom. The molecule has 1 saturated heterocycles. The van der Waals surface area contributed by atoms with Crippen molar-refractivity contribution in [2.45, 2.75) is 71.8 Å². The molecule has 2 aliphatic heterocycles.